The fourth-order valence-corrected chi connectivity index (χ4v) is 5.04. The van der Waals surface area contributed by atoms with Gasteiger partial charge in [0.25, 0.3) is 5.91 Å². The van der Waals surface area contributed by atoms with Gasteiger partial charge in [-0.25, -0.2) is 18.2 Å². The molecule has 1 aromatic heterocycles. The molecule has 13 heteroatoms. The number of halogens is 8. The van der Waals surface area contributed by atoms with E-state index in [1.54, 1.807) is 0 Å². The SMILES string of the molecule is O=C(Nc1ncc(F)cc1F)c1cc(NC(=O)[C@H]2[C@H](c3cc(Cl)c(F)c(Cl)c3)C2(Cl)Cl)ccc1Cl. The van der Waals surface area contributed by atoms with Crippen molar-refractivity contribution in [1.82, 2.24) is 4.98 Å². The first kappa shape index (κ1) is 25.9. The van der Waals surface area contributed by atoms with Crippen molar-refractivity contribution in [3.05, 3.63) is 86.2 Å². The van der Waals surface area contributed by atoms with E-state index >= 15 is 0 Å². The minimum Gasteiger partial charge on any atom is -0.326 e. The zero-order valence-corrected chi connectivity index (χ0v) is 20.8. The molecule has 0 radical (unpaired) electrons. The third kappa shape index (κ3) is 5.17. The number of pyridine rings is 1. The van der Waals surface area contributed by atoms with Gasteiger partial charge >= 0.3 is 0 Å². The summed E-state index contributed by atoms with van der Waals surface area (Å²) in [4.78, 5) is 29.0. The summed E-state index contributed by atoms with van der Waals surface area (Å²) >= 11 is 30.4. The van der Waals surface area contributed by atoms with Gasteiger partial charge in [-0.1, -0.05) is 34.8 Å². The second-order valence-corrected chi connectivity index (χ2v) is 10.2. The Balaban J connectivity index is 1.52. The highest BCUT2D eigenvalue weighted by Gasteiger charge is 2.67. The third-order valence-corrected chi connectivity index (χ3v) is 7.04. The number of nitrogens with zero attached hydrogens (tertiary/aromatic N) is 1. The maximum atomic E-state index is 13.8. The lowest BCUT2D eigenvalue weighted by molar-refractivity contribution is -0.117. The topological polar surface area (TPSA) is 71.1 Å². The quantitative estimate of drug-likeness (QED) is 0.246. The molecule has 2 atom stereocenters. The summed E-state index contributed by atoms with van der Waals surface area (Å²) in [5, 5.41) is 4.26. The molecule has 2 N–H and O–H groups in total. The largest absolute Gasteiger partial charge is 0.326 e. The number of nitrogens with one attached hydrogen (secondary N) is 2. The second kappa shape index (κ2) is 9.67. The molecule has 4 rings (SSSR count). The van der Waals surface area contributed by atoms with E-state index in [9.17, 15) is 22.8 Å². The van der Waals surface area contributed by atoms with Crippen LogP contribution in [0.4, 0.5) is 24.7 Å². The lowest BCUT2D eigenvalue weighted by atomic mass is 10.1. The molecule has 3 aromatic rings. The van der Waals surface area contributed by atoms with Crippen LogP contribution >= 0.6 is 58.0 Å². The molecule has 0 bridgehead atoms. The molecule has 2 aromatic carbocycles. The van der Waals surface area contributed by atoms with Gasteiger partial charge in [0, 0.05) is 17.7 Å². The molecule has 0 aliphatic heterocycles. The minimum atomic E-state index is -1.52. The van der Waals surface area contributed by atoms with Gasteiger partial charge in [0.1, 0.15) is 10.2 Å². The van der Waals surface area contributed by atoms with Crippen LogP contribution < -0.4 is 10.6 Å². The van der Waals surface area contributed by atoms with Crippen molar-refractivity contribution < 1.29 is 22.8 Å². The molecule has 1 heterocycles. The van der Waals surface area contributed by atoms with Crippen molar-refractivity contribution in [1.29, 1.82) is 0 Å². The predicted molar refractivity (Wildman–Crippen MR) is 129 cm³/mol. The van der Waals surface area contributed by atoms with Crippen molar-refractivity contribution in [2.45, 2.75) is 10.3 Å². The number of rotatable bonds is 5. The predicted octanol–water partition coefficient (Wildman–Crippen LogP) is 7.24. The average molecular weight is 584 g/mol. The first-order chi connectivity index (χ1) is 16.4. The summed E-state index contributed by atoms with van der Waals surface area (Å²) in [6.07, 6.45) is 0.731. The lowest BCUT2D eigenvalue weighted by Crippen LogP contribution is -2.18. The standard InChI is InChI=1S/C22H11Cl5F3N3O2/c23-12-2-1-10(6-11(12)20(34)33-19-15(29)5-9(28)7-31-19)32-21(35)17-16(22(17,26)27)8-3-13(24)18(30)14(25)4-8/h1-7,16-17H,(H,32,35)(H,31,33,34)/t16-,17+/m0/s1. The van der Waals surface area contributed by atoms with Crippen molar-refractivity contribution in [3.8, 4) is 0 Å². The molecule has 0 unspecified atom stereocenters. The van der Waals surface area contributed by atoms with Crippen LogP contribution in [0, 0.1) is 23.4 Å². The van der Waals surface area contributed by atoms with Crippen LogP contribution in [-0.2, 0) is 4.79 Å². The maximum Gasteiger partial charge on any atom is 0.258 e. The first-order valence-corrected chi connectivity index (χ1v) is 11.5. The number of alkyl halides is 2. The van der Waals surface area contributed by atoms with E-state index in [-0.39, 0.29) is 26.3 Å². The number of aromatic nitrogens is 1. The molecular formula is C22H11Cl5F3N3O2. The molecular weight excluding hydrogens is 573 g/mol. The fourth-order valence-electron chi connectivity index (χ4n) is 3.50. The molecule has 182 valence electrons. The number of carbonyl (C=O) groups is 2. The van der Waals surface area contributed by atoms with Crippen LogP contribution in [-0.4, -0.2) is 21.1 Å². The molecule has 1 aliphatic rings. The minimum absolute atomic E-state index is 0.00746. The average Bonchev–Trinajstić information content (AvgIpc) is 3.37. The number of amides is 2. The Hall–Kier alpha value is -2.23. The monoisotopic (exact) mass is 581 g/mol. The van der Waals surface area contributed by atoms with Gasteiger partial charge in [-0.3, -0.25) is 9.59 Å². The summed E-state index contributed by atoms with van der Waals surface area (Å²) in [5.41, 5.74) is 0.404. The zero-order chi connectivity index (χ0) is 25.7. The first-order valence-electron chi connectivity index (χ1n) is 9.65. The molecule has 5 nitrogen and oxygen atoms in total. The Bertz CT molecular complexity index is 1350. The van der Waals surface area contributed by atoms with Gasteiger partial charge < -0.3 is 10.6 Å². The maximum absolute atomic E-state index is 13.8. The van der Waals surface area contributed by atoms with Crippen LogP contribution in [0.2, 0.25) is 15.1 Å². The van der Waals surface area contributed by atoms with Crippen LogP contribution in [0.15, 0.2) is 42.6 Å². The summed E-state index contributed by atoms with van der Waals surface area (Å²) in [5.74, 6) is -6.45. The van der Waals surface area contributed by atoms with Gasteiger partial charge in [-0.05, 0) is 35.9 Å². The van der Waals surface area contributed by atoms with Crippen LogP contribution in [0.25, 0.3) is 0 Å². The van der Waals surface area contributed by atoms with Crippen molar-refractivity contribution in [2.75, 3.05) is 10.6 Å². The lowest BCUT2D eigenvalue weighted by Gasteiger charge is -2.10. The van der Waals surface area contributed by atoms with E-state index in [4.69, 9.17) is 58.0 Å². The normalized spacial score (nSPS) is 18.2. The van der Waals surface area contributed by atoms with E-state index in [1.165, 1.54) is 30.3 Å². The second-order valence-electron chi connectivity index (χ2n) is 7.55. The van der Waals surface area contributed by atoms with Crippen LogP contribution in [0.5, 0.6) is 0 Å². The van der Waals surface area contributed by atoms with Crippen molar-refractivity contribution >= 4 is 81.3 Å². The Labute approximate surface area is 221 Å². The summed E-state index contributed by atoms with van der Waals surface area (Å²) < 4.78 is 39.1. The summed E-state index contributed by atoms with van der Waals surface area (Å²) in [6, 6.07) is 7.12. The van der Waals surface area contributed by atoms with Crippen molar-refractivity contribution in [2.24, 2.45) is 5.92 Å². The van der Waals surface area contributed by atoms with E-state index < -0.39 is 51.3 Å². The Morgan fingerprint density at radius 2 is 1.57 bits per heavy atom. The highest BCUT2D eigenvalue weighted by atomic mass is 35.5. The number of hydrogen-bond donors (Lipinski definition) is 2. The Morgan fingerprint density at radius 1 is 0.914 bits per heavy atom. The molecule has 0 saturated heterocycles. The molecule has 35 heavy (non-hydrogen) atoms. The molecule has 0 spiro atoms. The van der Waals surface area contributed by atoms with Crippen molar-refractivity contribution in [3.63, 3.8) is 0 Å². The summed E-state index contributed by atoms with van der Waals surface area (Å²) in [6.45, 7) is 0. The van der Waals surface area contributed by atoms with Gasteiger partial charge in [0.05, 0.1) is 32.7 Å². The number of anilines is 2. The Kier molecular flexibility index (Phi) is 7.14. The number of benzene rings is 2. The number of hydrogen-bond acceptors (Lipinski definition) is 3. The fraction of sp³-hybridized carbons (Fsp3) is 0.136. The van der Waals surface area contributed by atoms with E-state index in [0.29, 0.717) is 11.6 Å². The van der Waals surface area contributed by atoms with Crippen LogP contribution in [0.3, 0.4) is 0 Å². The number of carbonyl (C=O) groups excluding carboxylic acids is 2. The van der Waals surface area contributed by atoms with E-state index in [1.807, 2.05) is 0 Å². The van der Waals surface area contributed by atoms with Gasteiger partial charge in [0.15, 0.2) is 17.5 Å². The summed E-state index contributed by atoms with van der Waals surface area (Å²) in [7, 11) is 0. The van der Waals surface area contributed by atoms with E-state index in [2.05, 4.69) is 15.6 Å². The zero-order valence-electron chi connectivity index (χ0n) is 17.0. The van der Waals surface area contributed by atoms with Gasteiger partial charge in [-0.15, -0.1) is 23.2 Å². The van der Waals surface area contributed by atoms with E-state index in [0.717, 1.165) is 6.20 Å². The van der Waals surface area contributed by atoms with Crippen LogP contribution in [0.1, 0.15) is 21.8 Å². The highest BCUT2D eigenvalue weighted by Crippen LogP contribution is 2.65. The highest BCUT2D eigenvalue weighted by molar-refractivity contribution is 6.53. The van der Waals surface area contributed by atoms with Gasteiger partial charge in [-0.2, -0.15) is 0 Å². The smallest absolute Gasteiger partial charge is 0.258 e. The van der Waals surface area contributed by atoms with Gasteiger partial charge in [0.2, 0.25) is 5.91 Å². The Morgan fingerprint density at radius 3 is 2.20 bits per heavy atom. The molecule has 1 fully saturated rings. The third-order valence-electron chi connectivity index (χ3n) is 5.22. The molecule has 1 saturated carbocycles. The molecule has 1 aliphatic carbocycles. The molecule has 2 amide bonds.